The fraction of sp³-hybridized carbons (Fsp3) is 0.750. The van der Waals surface area contributed by atoms with E-state index < -0.39 is 28.0 Å². The molecule has 2 saturated heterocycles. The lowest BCUT2D eigenvalue weighted by Crippen LogP contribution is -2.44. The molecule has 2 amide bonds. The SMILES string of the molecule is CCCCN(CCCC)Cc1ccc(C(=O)N2CC[C@@H]3[C@@H]2[C@H](C(C)C)C(=O)N3S(C)(=O)=O)[nH]1. The van der Waals surface area contributed by atoms with Crippen LogP contribution in [0.5, 0.6) is 0 Å². The number of rotatable bonds is 11. The first-order valence-corrected chi connectivity index (χ1v) is 14.2. The Morgan fingerprint density at radius 3 is 2.36 bits per heavy atom. The number of nitrogens with one attached hydrogen (secondary N) is 1. The minimum absolute atomic E-state index is 0.0601. The van der Waals surface area contributed by atoms with Gasteiger partial charge in [-0.3, -0.25) is 14.5 Å². The number of sulfonamides is 1. The predicted octanol–water partition coefficient (Wildman–Crippen LogP) is 3.07. The number of hydrogen-bond donors (Lipinski definition) is 1. The van der Waals surface area contributed by atoms with Gasteiger partial charge in [0.2, 0.25) is 15.9 Å². The van der Waals surface area contributed by atoms with Crippen molar-refractivity contribution in [3.8, 4) is 0 Å². The normalized spacial score (nSPS) is 23.2. The van der Waals surface area contributed by atoms with Gasteiger partial charge in [0.15, 0.2) is 0 Å². The Bertz CT molecular complexity index is 934. The van der Waals surface area contributed by atoms with Gasteiger partial charge in [0, 0.05) is 18.8 Å². The fourth-order valence-corrected chi connectivity index (χ4v) is 6.53. The summed E-state index contributed by atoms with van der Waals surface area (Å²) >= 11 is 0. The number of fused-ring (bicyclic) bond motifs is 1. The summed E-state index contributed by atoms with van der Waals surface area (Å²) < 4.78 is 25.7. The second-order valence-electron chi connectivity index (χ2n) is 9.89. The minimum atomic E-state index is -3.68. The third-order valence-electron chi connectivity index (χ3n) is 6.95. The minimum Gasteiger partial charge on any atom is -0.353 e. The van der Waals surface area contributed by atoms with Crippen LogP contribution in [0.25, 0.3) is 0 Å². The number of H-pyrrole nitrogens is 1. The van der Waals surface area contributed by atoms with Crippen molar-refractivity contribution in [2.24, 2.45) is 11.8 Å². The van der Waals surface area contributed by atoms with E-state index in [4.69, 9.17) is 0 Å². The molecular formula is C24H40N4O4S. The van der Waals surface area contributed by atoms with Crippen molar-refractivity contribution in [1.82, 2.24) is 19.1 Å². The molecule has 33 heavy (non-hydrogen) atoms. The highest BCUT2D eigenvalue weighted by atomic mass is 32.2. The lowest BCUT2D eigenvalue weighted by atomic mass is 9.88. The fourth-order valence-electron chi connectivity index (χ4n) is 5.36. The van der Waals surface area contributed by atoms with E-state index in [0.717, 1.165) is 61.6 Å². The number of aromatic amines is 1. The van der Waals surface area contributed by atoms with E-state index in [2.05, 4.69) is 23.7 Å². The summed E-state index contributed by atoms with van der Waals surface area (Å²) in [7, 11) is -3.68. The second kappa shape index (κ2) is 10.6. The molecule has 2 aliphatic heterocycles. The first kappa shape index (κ1) is 25.7. The van der Waals surface area contributed by atoms with Crippen LogP contribution in [0.2, 0.25) is 0 Å². The summed E-state index contributed by atoms with van der Waals surface area (Å²) in [6, 6.07) is 2.89. The lowest BCUT2D eigenvalue weighted by Gasteiger charge is -2.29. The highest BCUT2D eigenvalue weighted by molar-refractivity contribution is 7.88. The van der Waals surface area contributed by atoms with Crippen LogP contribution in [0.4, 0.5) is 0 Å². The van der Waals surface area contributed by atoms with Crippen molar-refractivity contribution >= 4 is 21.8 Å². The molecule has 0 radical (unpaired) electrons. The van der Waals surface area contributed by atoms with Crippen molar-refractivity contribution in [3.63, 3.8) is 0 Å². The number of carbonyl (C=O) groups excluding carboxylic acids is 2. The van der Waals surface area contributed by atoms with Crippen molar-refractivity contribution in [2.45, 2.75) is 78.4 Å². The predicted molar refractivity (Wildman–Crippen MR) is 129 cm³/mol. The van der Waals surface area contributed by atoms with Crippen molar-refractivity contribution < 1.29 is 18.0 Å². The number of carbonyl (C=O) groups is 2. The molecule has 3 rings (SSSR count). The molecule has 2 fully saturated rings. The van der Waals surface area contributed by atoms with Gasteiger partial charge >= 0.3 is 0 Å². The quantitative estimate of drug-likeness (QED) is 0.525. The average molecular weight is 481 g/mol. The van der Waals surface area contributed by atoms with E-state index >= 15 is 0 Å². The maximum atomic E-state index is 13.5. The molecule has 186 valence electrons. The van der Waals surface area contributed by atoms with E-state index in [1.165, 1.54) is 0 Å². The molecule has 1 aromatic rings. The van der Waals surface area contributed by atoms with Gasteiger partial charge in [-0.05, 0) is 50.4 Å². The summed E-state index contributed by atoms with van der Waals surface area (Å²) in [6.07, 6.45) is 6.15. The number of aromatic nitrogens is 1. The van der Waals surface area contributed by atoms with E-state index in [-0.39, 0.29) is 17.7 Å². The van der Waals surface area contributed by atoms with Crippen LogP contribution in [-0.2, 0) is 21.4 Å². The smallest absolute Gasteiger partial charge is 0.270 e. The van der Waals surface area contributed by atoms with Crippen LogP contribution in [0.3, 0.4) is 0 Å². The van der Waals surface area contributed by atoms with Crippen LogP contribution in [0, 0.1) is 11.8 Å². The number of nitrogens with zero attached hydrogens (tertiary/aromatic N) is 3. The highest BCUT2D eigenvalue weighted by Gasteiger charge is 2.58. The largest absolute Gasteiger partial charge is 0.353 e. The van der Waals surface area contributed by atoms with Gasteiger partial charge < -0.3 is 9.88 Å². The summed E-state index contributed by atoms with van der Waals surface area (Å²) in [5.74, 6) is -1.11. The van der Waals surface area contributed by atoms with Gasteiger partial charge in [0.05, 0.1) is 24.3 Å². The maximum absolute atomic E-state index is 13.5. The van der Waals surface area contributed by atoms with Crippen LogP contribution >= 0.6 is 0 Å². The third kappa shape index (κ3) is 5.45. The van der Waals surface area contributed by atoms with E-state index in [1.54, 1.807) is 4.90 Å². The van der Waals surface area contributed by atoms with Crippen LogP contribution in [0.15, 0.2) is 12.1 Å². The summed E-state index contributed by atoms with van der Waals surface area (Å²) in [6.45, 7) is 11.5. The molecule has 0 aliphatic carbocycles. The van der Waals surface area contributed by atoms with Crippen molar-refractivity contribution in [1.29, 1.82) is 0 Å². The molecule has 0 saturated carbocycles. The molecule has 0 aromatic carbocycles. The molecule has 0 bridgehead atoms. The molecule has 3 atom stereocenters. The van der Waals surface area contributed by atoms with E-state index in [0.29, 0.717) is 18.7 Å². The summed E-state index contributed by atoms with van der Waals surface area (Å²) in [5.41, 5.74) is 1.51. The van der Waals surface area contributed by atoms with Gasteiger partial charge in [-0.15, -0.1) is 0 Å². The van der Waals surface area contributed by atoms with Gasteiger partial charge in [-0.2, -0.15) is 0 Å². The molecule has 3 heterocycles. The Morgan fingerprint density at radius 2 is 1.82 bits per heavy atom. The van der Waals surface area contributed by atoms with Gasteiger partial charge in [0.25, 0.3) is 5.91 Å². The Balaban J connectivity index is 1.78. The Kier molecular flexibility index (Phi) is 8.26. The Hall–Kier alpha value is -1.87. The topological polar surface area (TPSA) is 93.8 Å². The molecule has 8 nitrogen and oxygen atoms in total. The zero-order chi connectivity index (χ0) is 24.3. The molecule has 1 N–H and O–H groups in total. The Labute approximate surface area is 198 Å². The summed E-state index contributed by atoms with van der Waals surface area (Å²) in [4.78, 5) is 33.9. The number of amides is 2. The molecule has 0 unspecified atom stereocenters. The zero-order valence-corrected chi connectivity index (χ0v) is 21.5. The number of unbranched alkanes of at least 4 members (excludes halogenated alkanes) is 2. The van der Waals surface area contributed by atoms with Crippen molar-refractivity contribution in [3.05, 3.63) is 23.5 Å². The van der Waals surface area contributed by atoms with Crippen molar-refractivity contribution in [2.75, 3.05) is 25.9 Å². The number of likely N-dealkylation sites (tertiary alicyclic amines) is 1. The first-order valence-electron chi connectivity index (χ1n) is 12.3. The standard InChI is InChI=1S/C24H40N4O4S/c1-6-8-13-26(14-9-7-2)16-18-10-11-19(25-18)23(29)27-15-12-20-22(27)21(17(3)4)24(30)28(20)33(5,31)32/h10-11,17,20-22,25H,6-9,12-16H2,1-5H3/t20-,21+,22-/m1/s1. The number of hydrogen-bond acceptors (Lipinski definition) is 5. The highest BCUT2D eigenvalue weighted by Crippen LogP contribution is 2.41. The Morgan fingerprint density at radius 1 is 1.18 bits per heavy atom. The monoisotopic (exact) mass is 480 g/mol. The molecule has 2 aliphatic rings. The molecular weight excluding hydrogens is 440 g/mol. The maximum Gasteiger partial charge on any atom is 0.270 e. The molecule has 1 aromatic heterocycles. The van der Waals surface area contributed by atoms with E-state index in [9.17, 15) is 18.0 Å². The third-order valence-corrected chi connectivity index (χ3v) is 8.12. The van der Waals surface area contributed by atoms with Crippen LogP contribution in [0.1, 0.15) is 76.0 Å². The van der Waals surface area contributed by atoms with Crippen LogP contribution < -0.4 is 0 Å². The first-order chi connectivity index (χ1) is 15.6. The lowest BCUT2D eigenvalue weighted by molar-refractivity contribution is -0.129. The molecule has 9 heteroatoms. The van der Waals surface area contributed by atoms with Gasteiger partial charge in [-0.25, -0.2) is 12.7 Å². The second-order valence-corrected chi connectivity index (χ2v) is 11.8. The van der Waals surface area contributed by atoms with Gasteiger partial charge in [0.1, 0.15) is 5.69 Å². The summed E-state index contributed by atoms with van der Waals surface area (Å²) in [5, 5.41) is 0. The van der Waals surface area contributed by atoms with E-state index in [1.807, 2.05) is 26.0 Å². The van der Waals surface area contributed by atoms with Gasteiger partial charge in [-0.1, -0.05) is 40.5 Å². The molecule has 0 spiro atoms. The average Bonchev–Trinajstić information content (AvgIpc) is 3.42. The zero-order valence-electron chi connectivity index (χ0n) is 20.7. The van der Waals surface area contributed by atoms with Crippen LogP contribution in [-0.4, -0.2) is 77.3 Å².